The summed E-state index contributed by atoms with van der Waals surface area (Å²) in [5.74, 6) is 0.427. The summed E-state index contributed by atoms with van der Waals surface area (Å²) in [4.78, 5) is 12.5. The molecule has 21 heavy (non-hydrogen) atoms. The van der Waals surface area contributed by atoms with Crippen LogP contribution in [-0.4, -0.2) is 5.91 Å². The molecule has 1 aromatic heterocycles. The molecule has 0 radical (unpaired) electrons. The van der Waals surface area contributed by atoms with E-state index in [1.54, 1.807) is 11.3 Å². The van der Waals surface area contributed by atoms with E-state index in [0.717, 1.165) is 11.4 Å². The fourth-order valence-corrected chi connectivity index (χ4v) is 3.21. The van der Waals surface area contributed by atoms with Crippen LogP contribution in [0.5, 0.6) is 0 Å². The minimum atomic E-state index is -0.0523. The fraction of sp³-hybridized carbons (Fsp3) is 0.353. The number of anilines is 2. The third-order valence-electron chi connectivity index (χ3n) is 3.39. The molecule has 2 rings (SSSR count). The van der Waals surface area contributed by atoms with Gasteiger partial charge >= 0.3 is 0 Å². The van der Waals surface area contributed by atoms with Crippen LogP contribution >= 0.6 is 11.3 Å². The first-order chi connectivity index (χ1) is 9.97. The van der Waals surface area contributed by atoms with Crippen molar-refractivity contribution in [2.75, 3.05) is 10.6 Å². The Morgan fingerprint density at radius 3 is 2.57 bits per heavy atom. The standard InChI is InChI=1S/C17H22N2OS/c1-11(2)17(16-6-5-9-21-16)19-15-10-14(18-13(4)20)8-7-12(15)3/h5-11,17,19H,1-4H3,(H,18,20). The van der Waals surface area contributed by atoms with Crippen LogP contribution < -0.4 is 10.6 Å². The van der Waals surface area contributed by atoms with Crippen LogP contribution in [0, 0.1) is 12.8 Å². The molecule has 1 aromatic carbocycles. The van der Waals surface area contributed by atoms with Crippen molar-refractivity contribution in [2.24, 2.45) is 5.92 Å². The van der Waals surface area contributed by atoms with Crippen LogP contribution in [-0.2, 0) is 4.79 Å². The Morgan fingerprint density at radius 1 is 1.24 bits per heavy atom. The van der Waals surface area contributed by atoms with Gasteiger partial charge in [0.15, 0.2) is 0 Å². The van der Waals surface area contributed by atoms with E-state index in [4.69, 9.17) is 0 Å². The number of nitrogens with one attached hydrogen (secondary N) is 2. The second-order valence-electron chi connectivity index (χ2n) is 5.59. The van der Waals surface area contributed by atoms with Gasteiger partial charge in [-0.1, -0.05) is 26.0 Å². The van der Waals surface area contributed by atoms with E-state index < -0.39 is 0 Å². The molecule has 2 N–H and O–H groups in total. The van der Waals surface area contributed by atoms with E-state index in [2.05, 4.69) is 48.9 Å². The number of carbonyl (C=O) groups is 1. The number of rotatable bonds is 5. The predicted octanol–water partition coefficient (Wildman–Crippen LogP) is 4.82. The molecule has 3 nitrogen and oxygen atoms in total. The molecule has 0 saturated carbocycles. The number of aryl methyl sites for hydroxylation is 1. The second-order valence-corrected chi connectivity index (χ2v) is 6.57. The molecule has 0 fully saturated rings. The second kappa shape index (κ2) is 6.76. The summed E-state index contributed by atoms with van der Waals surface area (Å²) in [6, 6.07) is 10.5. The molecule has 0 aliphatic rings. The number of carbonyl (C=O) groups excluding carboxylic acids is 1. The molecule has 0 aliphatic heterocycles. The van der Waals surface area contributed by atoms with Gasteiger partial charge in [-0.05, 0) is 42.0 Å². The van der Waals surface area contributed by atoms with Gasteiger partial charge in [-0.15, -0.1) is 11.3 Å². The van der Waals surface area contributed by atoms with E-state index in [9.17, 15) is 4.79 Å². The van der Waals surface area contributed by atoms with Crippen molar-refractivity contribution in [3.63, 3.8) is 0 Å². The molecule has 1 atom stereocenters. The number of hydrogen-bond donors (Lipinski definition) is 2. The van der Waals surface area contributed by atoms with E-state index in [-0.39, 0.29) is 11.9 Å². The molecule has 0 spiro atoms. The average molecular weight is 302 g/mol. The lowest BCUT2D eigenvalue weighted by molar-refractivity contribution is -0.114. The van der Waals surface area contributed by atoms with Gasteiger partial charge < -0.3 is 10.6 Å². The highest BCUT2D eigenvalue weighted by molar-refractivity contribution is 7.10. The highest BCUT2D eigenvalue weighted by atomic mass is 32.1. The van der Waals surface area contributed by atoms with Gasteiger partial charge in [0.1, 0.15) is 0 Å². The summed E-state index contributed by atoms with van der Waals surface area (Å²) in [6.07, 6.45) is 0. The van der Waals surface area contributed by atoms with E-state index in [0.29, 0.717) is 5.92 Å². The highest BCUT2D eigenvalue weighted by Gasteiger charge is 2.17. The first kappa shape index (κ1) is 15.6. The quantitative estimate of drug-likeness (QED) is 0.831. The van der Waals surface area contributed by atoms with Gasteiger partial charge in [0.05, 0.1) is 6.04 Å². The number of benzene rings is 1. The Kier molecular flexibility index (Phi) is 5.02. The van der Waals surface area contributed by atoms with Crippen molar-refractivity contribution < 1.29 is 4.79 Å². The van der Waals surface area contributed by atoms with Gasteiger partial charge in [-0.25, -0.2) is 0 Å². The van der Waals surface area contributed by atoms with E-state index in [1.807, 2.05) is 18.2 Å². The van der Waals surface area contributed by atoms with Crippen molar-refractivity contribution in [1.29, 1.82) is 0 Å². The average Bonchev–Trinajstić information content (AvgIpc) is 2.92. The maximum absolute atomic E-state index is 11.2. The Labute approximate surface area is 130 Å². The molecule has 4 heteroatoms. The zero-order valence-electron chi connectivity index (χ0n) is 12.9. The monoisotopic (exact) mass is 302 g/mol. The molecule has 1 unspecified atom stereocenters. The van der Waals surface area contributed by atoms with Gasteiger partial charge in [0.2, 0.25) is 5.91 Å². The Morgan fingerprint density at radius 2 is 2.00 bits per heavy atom. The van der Waals surface area contributed by atoms with Crippen LogP contribution in [0.15, 0.2) is 35.7 Å². The molecular weight excluding hydrogens is 280 g/mol. The van der Waals surface area contributed by atoms with Crippen LogP contribution in [0.25, 0.3) is 0 Å². The summed E-state index contributed by atoms with van der Waals surface area (Å²) in [6.45, 7) is 8.02. The highest BCUT2D eigenvalue weighted by Crippen LogP contribution is 2.32. The third kappa shape index (κ3) is 4.08. The predicted molar refractivity (Wildman–Crippen MR) is 91.0 cm³/mol. The van der Waals surface area contributed by atoms with Gasteiger partial charge in [-0.3, -0.25) is 4.79 Å². The first-order valence-electron chi connectivity index (χ1n) is 7.15. The van der Waals surface area contributed by atoms with Gasteiger partial charge in [-0.2, -0.15) is 0 Å². The zero-order chi connectivity index (χ0) is 15.4. The van der Waals surface area contributed by atoms with Crippen molar-refractivity contribution >= 4 is 28.6 Å². The lowest BCUT2D eigenvalue weighted by Gasteiger charge is -2.24. The summed E-state index contributed by atoms with van der Waals surface area (Å²) < 4.78 is 0. The van der Waals surface area contributed by atoms with Crippen LogP contribution in [0.2, 0.25) is 0 Å². The molecule has 0 aliphatic carbocycles. The lowest BCUT2D eigenvalue weighted by atomic mass is 10.0. The topological polar surface area (TPSA) is 41.1 Å². The number of amides is 1. The van der Waals surface area contributed by atoms with Crippen molar-refractivity contribution in [3.8, 4) is 0 Å². The van der Waals surface area contributed by atoms with Gasteiger partial charge in [0.25, 0.3) is 0 Å². The maximum atomic E-state index is 11.2. The molecule has 1 heterocycles. The van der Waals surface area contributed by atoms with Crippen LogP contribution in [0.1, 0.15) is 37.3 Å². The number of hydrogen-bond acceptors (Lipinski definition) is 3. The molecule has 112 valence electrons. The maximum Gasteiger partial charge on any atom is 0.221 e. The summed E-state index contributed by atoms with van der Waals surface area (Å²) >= 11 is 1.77. The zero-order valence-corrected chi connectivity index (χ0v) is 13.8. The normalized spacial score (nSPS) is 12.2. The minimum Gasteiger partial charge on any atom is -0.377 e. The van der Waals surface area contributed by atoms with Crippen molar-refractivity contribution in [2.45, 2.75) is 33.7 Å². The smallest absolute Gasteiger partial charge is 0.221 e. The van der Waals surface area contributed by atoms with Crippen LogP contribution in [0.3, 0.4) is 0 Å². The number of thiophene rings is 1. The molecule has 0 saturated heterocycles. The van der Waals surface area contributed by atoms with Crippen molar-refractivity contribution in [3.05, 3.63) is 46.2 Å². The molecular formula is C17H22N2OS. The Bertz CT molecular complexity index is 605. The summed E-state index contributed by atoms with van der Waals surface area (Å²) in [7, 11) is 0. The van der Waals surface area contributed by atoms with Crippen molar-refractivity contribution in [1.82, 2.24) is 0 Å². The van der Waals surface area contributed by atoms with E-state index in [1.165, 1.54) is 17.4 Å². The first-order valence-corrected chi connectivity index (χ1v) is 8.03. The minimum absolute atomic E-state index is 0.0523. The lowest BCUT2D eigenvalue weighted by Crippen LogP contribution is -2.16. The molecule has 2 aromatic rings. The Hall–Kier alpha value is -1.81. The Balaban J connectivity index is 2.26. The van der Waals surface area contributed by atoms with Crippen LogP contribution in [0.4, 0.5) is 11.4 Å². The van der Waals surface area contributed by atoms with Gasteiger partial charge in [0, 0.05) is 23.2 Å². The van der Waals surface area contributed by atoms with E-state index >= 15 is 0 Å². The fourth-order valence-electron chi connectivity index (χ4n) is 2.26. The SMILES string of the molecule is CC(=O)Nc1ccc(C)c(NC(c2cccs2)C(C)C)c1. The summed E-state index contributed by atoms with van der Waals surface area (Å²) in [5.41, 5.74) is 3.06. The third-order valence-corrected chi connectivity index (χ3v) is 4.34. The summed E-state index contributed by atoms with van der Waals surface area (Å²) in [5, 5.41) is 8.56. The largest absolute Gasteiger partial charge is 0.377 e. The molecule has 0 bridgehead atoms. The molecule has 1 amide bonds.